The molecule has 2 unspecified atom stereocenters. The van der Waals surface area contributed by atoms with Crippen LogP contribution in [0.2, 0.25) is 0 Å². The highest BCUT2D eigenvalue weighted by Gasteiger charge is 2.22. The fourth-order valence-electron chi connectivity index (χ4n) is 3.93. The van der Waals surface area contributed by atoms with E-state index in [0.29, 0.717) is 12.0 Å². The van der Waals surface area contributed by atoms with Gasteiger partial charge in [0.15, 0.2) is 0 Å². The van der Waals surface area contributed by atoms with E-state index >= 15 is 0 Å². The first-order chi connectivity index (χ1) is 9.67. The van der Waals surface area contributed by atoms with Crippen molar-refractivity contribution in [1.82, 2.24) is 10.6 Å². The van der Waals surface area contributed by atoms with Crippen molar-refractivity contribution in [2.24, 2.45) is 17.8 Å². The van der Waals surface area contributed by atoms with Gasteiger partial charge in [-0.05, 0) is 56.3 Å². The second-order valence-electron chi connectivity index (χ2n) is 7.12. The number of urea groups is 1. The number of amides is 2. The van der Waals surface area contributed by atoms with Crippen LogP contribution in [-0.4, -0.2) is 18.6 Å². The van der Waals surface area contributed by atoms with Crippen LogP contribution in [0.1, 0.15) is 71.6 Å². The summed E-state index contributed by atoms with van der Waals surface area (Å²) in [4.78, 5) is 12.0. The average molecular weight is 280 g/mol. The van der Waals surface area contributed by atoms with Crippen LogP contribution < -0.4 is 10.6 Å². The van der Waals surface area contributed by atoms with Crippen LogP contribution in [0.15, 0.2) is 0 Å². The second-order valence-corrected chi connectivity index (χ2v) is 7.12. The molecule has 2 N–H and O–H groups in total. The van der Waals surface area contributed by atoms with E-state index in [-0.39, 0.29) is 6.03 Å². The summed E-state index contributed by atoms with van der Waals surface area (Å²) in [5.41, 5.74) is 0. The third-order valence-electron chi connectivity index (χ3n) is 5.36. The lowest BCUT2D eigenvalue weighted by molar-refractivity contribution is 0.219. The summed E-state index contributed by atoms with van der Waals surface area (Å²) >= 11 is 0. The Balaban J connectivity index is 1.60. The van der Waals surface area contributed by atoms with Gasteiger partial charge in [-0.1, -0.05) is 33.1 Å². The standard InChI is InChI=1S/C17H32N2O/c1-3-14-7-9-16(10-8-14)19-17(20)18-12-15-6-4-5-13(2)11-15/h13-16H,3-12H2,1-2H3,(H2,18,19,20). The Bertz CT molecular complexity index is 297. The molecule has 0 aromatic heterocycles. The van der Waals surface area contributed by atoms with Gasteiger partial charge in [0.1, 0.15) is 0 Å². The van der Waals surface area contributed by atoms with E-state index < -0.39 is 0 Å². The van der Waals surface area contributed by atoms with E-state index in [9.17, 15) is 4.79 Å². The van der Waals surface area contributed by atoms with Crippen molar-refractivity contribution < 1.29 is 4.79 Å². The molecule has 2 fully saturated rings. The molecule has 116 valence electrons. The van der Waals surface area contributed by atoms with E-state index in [1.165, 1.54) is 44.9 Å². The number of carbonyl (C=O) groups is 1. The lowest BCUT2D eigenvalue weighted by Gasteiger charge is -2.29. The van der Waals surface area contributed by atoms with Crippen molar-refractivity contribution in [2.75, 3.05) is 6.54 Å². The fourth-order valence-corrected chi connectivity index (χ4v) is 3.93. The van der Waals surface area contributed by atoms with Crippen molar-refractivity contribution in [1.29, 1.82) is 0 Å². The van der Waals surface area contributed by atoms with Crippen LogP contribution in [0.4, 0.5) is 4.79 Å². The van der Waals surface area contributed by atoms with Gasteiger partial charge in [0.05, 0.1) is 0 Å². The van der Waals surface area contributed by atoms with Gasteiger partial charge in [-0.2, -0.15) is 0 Å². The summed E-state index contributed by atoms with van der Waals surface area (Å²) < 4.78 is 0. The Morgan fingerprint density at radius 2 is 1.80 bits per heavy atom. The topological polar surface area (TPSA) is 41.1 Å². The lowest BCUT2D eigenvalue weighted by Crippen LogP contribution is -2.45. The minimum atomic E-state index is 0.0585. The summed E-state index contributed by atoms with van der Waals surface area (Å²) in [7, 11) is 0. The molecule has 0 bridgehead atoms. The molecule has 3 heteroatoms. The highest BCUT2D eigenvalue weighted by atomic mass is 16.2. The van der Waals surface area contributed by atoms with E-state index in [1.807, 2.05) is 0 Å². The van der Waals surface area contributed by atoms with E-state index in [0.717, 1.165) is 31.2 Å². The van der Waals surface area contributed by atoms with E-state index in [1.54, 1.807) is 0 Å². The first kappa shape index (κ1) is 15.7. The third-order valence-corrected chi connectivity index (χ3v) is 5.36. The largest absolute Gasteiger partial charge is 0.338 e. The van der Waals surface area contributed by atoms with Gasteiger partial charge in [-0.15, -0.1) is 0 Å². The summed E-state index contributed by atoms with van der Waals surface area (Å²) in [6.07, 6.45) is 11.4. The van der Waals surface area contributed by atoms with Crippen molar-refractivity contribution in [3.63, 3.8) is 0 Å². The molecule has 0 aromatic carbocycles. The predicted molar refractivity (Wildman–Crippen MR) is 83.7 cm³/mol. The summed E-state index contributed by atoms with van der Waals surface area (Å²) in [5, 5.41) is 6.26. The van der Waals surface area contributed by atoms with E-state index in [2.05, 4.69) is 24.5 Å². The number of carbonyl (C=O) groups excluding carboxylic acids is 1. The molecule has 0 aliphatic heterocycles. The third kappa shape index (κ3) is 4.99. The van der Waals surface area contributed by atoms with Crippen LogP contribution in [0, 0.1) is 17.8 Å². The molecule has 2 aliphatic rings. The van der Waals surface area contributed by atoms with Crippen LogP contribution in [0.3, 0.4) is 0 Å². The quantitative estimate of drug-likeness (QED) is 0.800. The van der Waals surface area contributed by atoms with Gasteiger partial charge in [-0.25, -0.2) is 4.79 Å². The number of hydrogen-bond acceptors (Lipinski definition) is 1. The van der Waals surface area contributed by atoms with Crippen LogP contribution >= 0.6 is 0 Å². The summed E-state index contributed by atoms with van der Waals surface area (Å²) in [6.45, 7) is 5.47. The molecule has 2 aliphatic carbocycles. The van der Waals surface area contributed by atoms with Gasteiger partial charge in [0, 0.05) is 12.6 Å². The normalized spacial score (nSPS) is 34.5. The molecule has 20 heavy (non-hydrogen) atoms. The number of hydrogen-bond donors (Lipinski definition) is 2. The molecule has 2 amide bonds. The molecule has 2 rings (SSSR count). The zero-order valence-corrected chi connectivity index (χ0v) is 13.3. The van der Waals surface area contributed by atoms with Crippen molar-refractivity contribution in [3.05, 3.63) is 0 Å². The number of nitrogens with one attached hydrogen (secondary N) is 2. The maximum atomic E-state index is 12.0. The zero-order valence-electron chi connectivity index (χ0n) is 13.3. The van der Waals surface area contributed by atoms with E-state index in [4.69, 9.17) is 0 Å². The molecular formula is C17H32N2O. The molecule has 3 nitrogen and oxygen atoms in total. The first-order valence-corrected chi connectivity index (χ1v) is 8.71. The van der Waals surface area contributed by atoms with Gasteiger partial charge in [-0.3, -0.25) is 0 Å². The summed E-state index contributed by atoms with van der Waals surface area (Å²) in [5.74, 6) is 2.42. The Morgan fingerprint density at radius 3 is 2.45 bits per heavy atom. The predicted octanol–water partition coefficient (Wildman–Crippen LogP) is 4.08. The monoisotopic (exact) mass is 280 g/mol. The maximum Gasteiger partial charge on any atom is 0.315 e. The summed E-state index contributed by atoms with van der Waals surface area (Å²) in [6, 6.07) is 0.464. The second kappa shape index (κ2) is 7.90. The molecule has 0 saturated heterocycles. The van der Waals surface area contributed by atoms with Crippen molar-refractivity contribution in [2.45, 2.75) is 77.7 Å². The highest BCUT2D eigenvalue weighted by Crippen LogP contribution is 2.28. The molecule has 0 aromatic rings. The minimum Gasteiger partial charge on any atom is -0.338 e. The Kier molecular flexibility index (Phi) is 6.18. The van der Waals surface area contributed by atoms with Crippen molar-refractivity contribution in [3.8, 4) is 0 Å². The molecule has 0 spiro atoms. The zero-order chi connectivity index (χ0) is 14.4. The fraction of sp³-hybridized carbons (Fsp3) is 0.941. The molecule has 0 heterocycles. The Labute approximate surface area is 124 Å². The van der Waals surface area contributed by atoms with Crippen molar-refractivity contribution >= 4 is 6.03 Å². The minimum absolute atomic E-state index is 0.0585. The molecular weight excluding hydrogens is 248 g/mol. The molecule has 0 radical (unpaired) electrons. The van der Waals surface area contributed by atoms with Crippen LogP contribution in [0.5, 0.6) is 0 Å². The Morgan fingerprint density at radius 1 is 1.05 bits per heavy atom. The lowest BCUT2D eigenvalue weighted by atomic mass is 9.82. The van der Waals surface area contributed by atoms with Crippen LogP contribution in [0.25, 0.3) is 0 Å². The maximum absolute atomic E-state index is 12.0. The number of rotatable bonds is 4. The first-order valence-electron chi connectivity index (χ1n) is 8.71. The SMILES string of the molecule is CCC1CCC(NC(=O)NCC2CCCC(C)C2)CC1. The smallest absolute Gasteiger partial charge is 0.315 e. The Hall–Kier alpha value is -0.730. The average Bonchev–Trinajstić information content (AvgIpc) is 2.46. The van der Waals surface area contributed by atoms with Gasteiger partial charge in [0.2, 0.25) is 0 Å². The highest BCUT2D eigenvalue weighted by molar-refractivity contribution is 5.74. The molecule has 2 saturated carbocycles. The van der Waals surface area contributed by atoms with Crippen LogP contribution in [-0.2, 0) is 0 Å². The van der Waals surface area contributed by atoms with Gasteiger partial charge < -0.3 is 10.6 Å². The van der Waals surface area contributed by atoms with Gasteiger partial charge in [0.25, 0.3) is 0 Å². The molecule has 2 atom stereocenters. The van der Waals surface area contributed by atoms with Gasteiger partial charge >= 0.3 is 6.03 Å².